The summed E-state index contributed by atoms with van der Waals surface area (Å²) in [5.41, 5.74) is 10.4. The molecule has 0 atom stereocenters. The van der Waals surface area contributed by atoms with Crippen molar-refractivity contribution in [3.8, 4) is 5.75 Å². The highest BCUT2D eigenvalue weighted by atomic mass is 32.1. The van der Waals surface area contributed by atoms with Crippen LogP contribution in [0.4, 0.5) is 5.13 Å². The Labute approximate surface area is 155 Å². The summed E-state index contributed by atoms with van der Waals surface area (Å²) >= 11 is 1.35. The van der Waals surface area contributed by atoms with E-state index in [1.807, 2.05) is 24.3 Å². The summed E-state index contributed by atoms with van der Waals surface area (Å²) < 4.78 is 6.55. The van der Waals surface area contributed by atoms with Gasteiger partial charge in [-0.2, -0.15) is 5.10 Å². The molecule has 3 N–H and O–H groups in total. The van der Waals surface area contributed by atoms with E-state index in [0.717, 1.165) is 21.5 Å². The van der Waals surface area contributed by atoms with E-state index in [1.165, 1.54) is 11.3 Å². The number of carbonyl (C=O) groups excluding carboxylic acids is 1. The van der Waals surface area contributed by atoms with Crippen molar-refractivity contribution >= 4 is 38.8 Å². The number of hydrogen-bond acceptors (Lipinski definition) is 6. The number of nitrogens with zero attached hydrogens (tertiary/aromatic N) is 2. The molecule has 1 aromatic heterocycles. The van der Waals surface area contributed by atoms with Crippen molar-refractivity contribution in [1.29, 1.82) is 0 Å². The molecule has 2 aromatic carbocycles. The van der Waals surface area contributed by atoms with Crippen molar-refractivity contribution in [3.05, 3.63) is 53.6 Å². The van der Waals surface area contributed by atoms with Crippen molar-refractivity contribution in [2.24, 2.45) is 11.0 Å². The maximum absolute atomic E-state index is 12.2. The Hall–Kier alpha value is -2.93. The second-order valence-corrected chi connectivity index (χ2v) is 7.27. The first-order valence-corrected chi connectivity index (χ1v) is 9.05. The van der Waals surface area contributed by atoms with Gasteiger partial charge in [-0.05, 0) is 41.8 Å². The molecule has 0 unspecified atom stereocenters. The van der Waals surface area contributed by atoms with Gasteiger partial charge in [0.25, 0.3) is 5.91 Å². The fourth-order valence-electron chi connectivity index (χ4n) is 2.26. The Morgan fingerprint density at radius 2 is 2.19 bits per heavy atom. The Bertz CT molecular complexity index is 950. The number of aromatic nitrogens is 1. The van der Waals surface area contributed by atoms with E-state index in [0.29, 0.717) is 23.2 Å². The Kier molecular flexibility index (Phi) is 5.48. The van der Waals surface area contributed by atoms with E-state index in [1.54, 1.807) is 24.4 Å². The van der Waals surface area contributed by atoms with Crippen molar-refractivity contribution in [2.45, 2.75) is 13.8 Å². The first-order chi connectivity index (χ1) is 12.5. The normalized spacial score (nSPS) is 11.3. The molecule has 0 saturated heterocycles. The van der Waals surface area contributed by atoms with Crippen molar-refractivity contribution in [3.63, 3.8) is 0 Å². The molecule has 26 heavy (non-hydrogen) atoms. The summed E-state index contributed by atoms with van der Waals surface area (Å²) in [6.45, 7) is 4.85. The summed E-state index contributed by atoms with van der Waals surface area (Å²) in [5, 5.41) is 4.50. The highest BCUT2D eigenvalue weighted by Gasteiger charge is 2.08. The molecular formula is C19H20N4O2S. The number of rotatable bonds is 6. The van der Waals surface area contributed by atoms with Gasteiger partial charge in [0, 0.05) is 5.56 Å². The van der Waals surface area contributed by atoms with Gasteiger partial charge in [-0.25, -0.2) is 10.4 Å². The lowest BCUT2D eigenvalue weighted by molar-refractivity contribution is 0.0955. The largest absolute Gasteiger partial charge is 0.493 e. The summed E-state index contributed by atoms with van der Waals surface area (Å²) in [5.74, 6) is 0.947. The minimum absolute atomic E-state index is 0.290. The molecule has 0 aliphatic heterocycles. The summed E-state index contributed by atoms with van der Waals surface area (Å²) in [7, 11) is 0. The topological polar surface area (TPSA) is 89.6 Å². The lowest BCUT2D eigenvalue weighted by Crippen LogP contribution is -2.17. The van der Waals surface area contributed by atoms with Gasteiger partial charge in [0.1, 0.15) is 5.75 Å². The zero-order chi connectivity index (χ0) is 18.5. The molecule has 7 heteroatoms. The van der Waals surface area contributed by atoms with Gasteiger partial charge in [-0.3, -0.25) is 4.79 Å². The van der Waals surface area contributed by atoms with Gasteiger partial charge in [-0.15, -0.1) is 0 Å². The van der Waals surface area contributed by atoms with Crippen LogP contribution in [0.3, 0.4) is 0 Å². The maximum Gasteiger partial charge on any atom is 0.271 e. The van der Waals surface area contributed by atoms with Crippen LogP contribution in [-0.2, 0) is 0 Å². The second-order valence-electron chi connectivity index (χ2n) is 6.21. The van der Waals surface area contributed by atoms with E-state index < -0.39 is 0 Å². The third-order valence-corrected chi connectivity index (χ3v) is 4.34. The number of anilines is 1. The molecule has 3 aromatic rings. The van der Waals surface area contributed by atoms with Gasteiger partial charge in [0.2, 0.25) is 0 Å². The standard InChI is InChI=1S/C19H20N4O2S/c1-12(2)11-25-15-5-3-4-13(8-15)10-21-23-18(24)14-6-7-16-17(9-14)26-19(20)22-16/h3-10,12H,11H2,1-2H3,(H2,20,22)(H,23,24)/b21-10-. The number of nitrogens with two attached hydrogens (primary N) is 1. The number of ether oxygens (including phenoxy) is 1. The molecule has 1 amide bonds. The average molecular weight is 368 g/mol. The van der Waals surface area contributed by atoms with Crippen LogP contribution in [0.1, 0.15) is 29.8 Å². The number of hydrazone groups is 1. The van der Waals surface area contributed by atoms with Crippen molar-refractivity contribution < 1.29 is 9.53 Å². The minimum atomic E-state index is -0.290. The number of nitrogens with one attached hydrogen (secondary N) is 1. The molecule has 0 radical (unpaired) electrons. The first kappa shape index (κ1) is 17.9. The van der Waals surface area contributed by atoms with E-state index in [-0.39, 0.29) is 5.91 Å². The SMILES string of the molecule is CC(C)COc1cccc(/C=N\NC(=O)c2ccc3nc(N)sc3c2)c1. The minimum Gasteiger partial charge on any atom is -0.493 e. The molecule has 134 valence electrons. The van der Waals surface area contributed by atoms with Gasteiger partial charge >= 0.3 is 0 Å². The van der Waals surface area contributed by atoms with Gasteiger partial charge in [0.15, 0.2) is 5.13 Å². The first-order valence-electron chi connectivity index (χ1n) is 8.23. The monoisotopic (exact) mass is 368 g/mol. The number of hydrogen-bond donors (Lipinski definition) is 2. The fraction of sp³-hybridized carbons (Fsp3) is 0.211. The van der Waals surface area contributed by atoms with Crippen LogP contribution in [0, 0.1) is 5.92 Å². The van der Waals surface area contributed by atoms with Crippen LogP contribution in [0.5, 0.6) is 5.75 Å². The second kappa shape index (κ2) is 7.97. The van der Waals surface area contributed by atoms with Crippen molar-refractivity contribution in [1.82, 2.24) is 10.4 Å². The van der Waals surface area contributed by atoms with Crippen LogP contribution >= 0.6 is 11.3 Å². The number of benzene rings is 2. The fourth-order valence-corrected chi connectivity index (χ4v) is 3.03. The van der Waals surface area contributed by atoms with E-state index in [9.17, 15) is 4.79 Å². The third-order valence-electron chi connectivity index (χ3n) is 3.49. The smallest absolute Gasteiger partial charge is 0.271 e. The molecular weight excluding hydrogens is 348 g/mol. The predicted octanol–water partition coefficient (Wildman–Crippen LogP) is 3.68. The van der Waals surface area contributed by atoms with Gasteiger partial charge < -0.3 is 10.5 Å². The van der Waals surface area contributed by atoms with E-state index >= 15 is 0 Å². The Morgan fingerprint density at radius 1 is 1.35 bits per heavy atom. The lowest BCUT2D eigenvalue weighted by Gasteiger charge is -2.08. The number of nitrogen functional groups attached to an aromatic ring is 1. The average Bonchev–Trinajstić information content (AvgIpc) is 2.99. The Balaban J connectivity index is 1.63. The van der Waals surface area contributed by atoms with Crippen LogP contribution < -0.4 is 15.9 Å². The number of fused-ring (bicyclic) bond motifs is 1. The van der Waals surface area contributed by atoms with E-state index in [4.69, 9.17) is 10.5 Å². The Morgan fingerprint density at radius 3 is 3.00 bits per heavy atom. The highest BCUT2D eigenvalue weighted by Crippen LogP contribution is 2.24. The van der Waals surface area contributed by atoms with E-state index in [2.05, 4.69) is 29.4 Å². The summed E-state index contributed by atoms with van der Waals surface area (Å²) in [6.07, 6.45) is 1.59. The number of amides is 1. The third kappa shape index (κ3) is 4.58. The number of thiazole rings is 1. The molecule has 6 nitrogen and oxygen atoms in total. The molecule has 0 bridgehead atoms. The van der Waals surface area contributed by atoms with Crippen LogP contribution in [-0.4, -0.2) is 23.7 Å². The highest BCUT2D eigenvalue weighted by molar-refractivity contribution is 7.22. The predicted molar refractivity (Wildman–Crippen MR) is 106 cm³/mol. The summed E-state index contributed by atoms with van der Waals surface area (Å²) in [6, 6.07) is 12.8. The molecule has 0 aliphatic carbocycles. The van der Waals surface area contributed by atoms with Crippen LogP contribution in [0.15, 0.2) is 47.6 Å². The van der Waals surface area contributed by atoms with Crippen LogP contribution in [0.2, 0.25) is 0 Å². The van der Waals surface area contributed by atoms with Gasteiger partial charge in [0.05, 0.1) is 23.0 Å². The van der Waals surface area contributed by atoms with Gasteiger partial charge in [-0.1, -0.05) is 37.3 Å². The zero-order valence-corrected chi connectivity index (χ0v) is 15.4. The molecule has 1 heterocycles. The van der Waals surface area contributed by atoms with Crippen LogP contribution in [0.25, 0.3) is 10.2 Å². The zero-order valence-electron chi connectivity index (χ0n) is 14.6. The quantitative estimate of drug-likeness (QED) is 0.513. The molecule has 3 rings (SSSR count). The molecule has 0 saturated carbocycles. The number of carbonyl (C=O) groups is 1. The lowest BCUT2D eigenvalue weighted by atomic mass is 10.2. The molecule has 0 spiro atoms. The summed E-state index contributed by atoms with van der Waals surface area (Å²) in [4.78, 5) is 16.4. The van der Waals surface area contributed by atoms with Crippen molar-refractivity contribution in [2.75, 3.05) is 12.3 Å². The molecule has 0 fully saturated rings. The molecule has 0 aliphatic rings. The maximum atomic E-state index is 12.2.